The quantitative estimate of drug-likeness (QED) is 0.179. The second-order valence-corrected chi connectivity index (χ2v) is 13.8. The Morgan fingerprint density at radius 3 is 2.00 bits per heavy atom. The molecule has 0 atom stereocenters. The van der Waals surface area contributed by atoms with Gasteiger partial charge in [-0.25, -0.2) is 0 Å². The van der Waals surface area contributed by atoms with Crippen LogP contribution in [0.3, 0.4) is 0 Å². The minimum absolute atomic E-state index is 0.102. The van der Waals surface area contributed by atoms with Crippen molar-refractivity contribution in [2.45, 2.75) is 0 Å². The SMILES string of the molecule is c1ccc(-c2nc(-c3ccc4ccc5nc(-c6ccccc6)[se]c5c4c3)nc(-c3cccc4c3sc3ccccc34)n2)cc1. The number of hydrogen-bond donors (Lipinski definition) is 0. The van der Waals surface area contributed by atoms with E-state index in [1.165, 1.54) is 40.8 Å². The van der Waals surface area contributed by atoms with Crippen LogP contribution in [-0.4, -0.2) is 34.4 Å². The van der Waals surface area contributed by atoms with E-state index in [0.717, 1.165) is 26.8 Å². The topological polar surface area (TPSA) is 51.6 Å². The van der Waals surface area contributed by atoms with E-state index < -0.39 is 0 Å². The number of thiophene rings is 1. The molecular formula is C38H22N4SSe. The van der Waals surface area contributed by atoms with E-state index in [1.807, 2.05) is 18.2 Å². The number of aromatic nitrogens is 4. The van der Waals surface area contributed by atoms with E-state index in [0.29, 0.717) is 17.5 Å². The van der Waals surface area contributed by atoms with Gasteiger partial charge in [0, 0.05) is 0 Å². The van der Waals surface area contributed by atoms with Crippen molar-refractivity contribution in [2.75, 3.05) is 0 Å². The molecule has 0 spiro atoms. The third-order valence-corrected chi connectivity index (χ3v) is 11.6. The molecule has 0 aliphatic heterocycles. The summed E-state index contributed by atoms with van der Waals surface area (Å²) in [6, 6.07) is 46.5. The molecule has 0 radical (unpaired) electrons. The number of nitrogens with zero attached hydrogens (tertiary/aromatic N) is 4. The van der Waals surface area contributed by atoms with Crippen LogP contribution in [0.2, 0.25) is 0 Å². The zero-order valence-corrected chi connectivity index (χ0v) is 25.8. The van der Waals surface area contributed by atoms with Crippen molar-refractivity contribution >= 4 is 66.6 Å². The molecular weight excluding hydrogens is 623 g/mol. The number of rotatable bonds is 4. The van der Waals surface area contributed by atoms with Gasteiger partial charge in [0.05, 0.1) is 0 Å². The number of fused-ring (bicyclic) bond motifs is 6. The van der Waals surface area contributed by atoms with Crippen LogP contribution in [0.1, 0.15) is 0 Å². The molecule has 0 saturated heterocycles. The van der Waals surface area contributed by atoms with Gasteiger partial charge in [0.25, 0.3) is 0 Å². The zero-order chi connectivity index (χ0) is 29.0. The van der Waals surface area contributed by atoms with E-state index in [-0.39, 0.29) is 14.5 Å². The molecule has 6 heteroatoms. The summed E-state index contributed by atoms with van der Waals surface area (Å²) in [6.07, 6.45) is 0. The third-order valence-electron chi connectivity index (χ3n) is 7.96. The maximum absolute atomic E-state index is 5.14. The summed E-state index contributed by atoms with van der Waals surface area (Å²) >= 11 is 1.89. The third kappa shape index (κ3) is 4.27. The van der Waals surface area contributed by atoms with Gasteiger partial charge < -0.3 is 0 Å². The Balaban J connectivity index is 1.26. The maximum atomic E-state index is 5.14. The Morgan fingerprint density at radius 1 is 0.477 bits per heavy atom. The van der Waals surface area contributed by atoms with Crippen molar-refractivity contribution in [3.8, 4) is 44.3 Å². The zero-order valence-electron chi connectivity index (χ0n) is 23.3. The summed E-state index contributed by atoms with van der Waals surface area (Å²) in [7, 11) is 0. The van der Waals surface area contributed by atoms with E-state index in [9.17, 15) is 0 Å². The van der Waals surface area contributed by atoms with Crippen LogP contribution in [-0.2, 0) is 0 Å². The Labute approximate surface area is 263 Å². The molecule has 0 aliphatic rings. The first kappa shape index (κ1) is 25.5. The Kier molecular flexibility index (Phi) is 5.98. The van der Waals surface area contributed by atoms with Crippen LogP contribution in [0.4, 0.5) is 0 Å². The normalized spacial score (nSPS) is 11.6. The molecule has 3 aromatic heterocycles. The average Bonchev–Trinajstić information content (AvgIpc) is 3.71. The van der Waals surface area contributed by atoms with Crippen molar-refractivity contribution in [3.63, 3.8) is 0 Å². The van der Waals surface area contributed by atoms with Crippen LogP contribution in [0.5, 0.6) is 0 Å². The van der Waals surface area contributed by atoms with Crippen LogP contribution in [0.25, 0.3) is 85.0 Å². The van der Waals surface area contributed by atoms with Gasteiger partial charge in [-0.05, 0) is 0 Å². The summed E-state index contributed by atoms with van der Waals surface area (Å²) in [5.74, 6) is 2.02. The summed E-state index contributed by atoms with van der Waals surface area (Å²) < 4.78 is 4.92. The predicted octanol–water partition coefficient (Wildman–Crippen LogP) is 9.67. The summed E-state index contributed by atoms with van der Waals surface area (Å²) in [5.41, 5.74) is 5.21. The molecule has 0 saturated carbocycles. The van der Waals surface area contributed by atoms with Gasteiger partial charge in [-0.2, -0.15) is 0 Å². The molecule has 0 N–H and O–H groups in total. The van der Waals surface area contributed by atoms with Gasteiger partial charge in [-0.1, -0.05) is 12.1 Å². The summed E-state index contributed by atoms with van der Waals surface area (Å²) in [6.45, 7) is 0. The summed E-state index contributed by atoms with van der Waals surface area (Å²) in [4.78, 5) is 20.3. The second kappa shape index (κ2) is 10.3. The fourth-order valence-corrected chi connectivity index (χ4v) is 9.32. The molecule has 6 aromatic carbocycles. The molecule has 9 rings (SSSR count). The summed E-state index contributed by atoms with van der Waals surface area (Å²) in [5, 5.41) is 4.90. The number of benzene rings is 6. The number of hydrogen-bond acceptors (Lipinski definition) is 5. The molecule has 9 aromatic rings. The molecule has 0 amide bonds. The first-order valence-corrected chi connectivity index (χ1v) is 16.9. The Morgan fingerprint density at radius 2 is 1.16 bits per heavy atom. The molecule has 3 heterocycles. The van der Waals surface area contributed by atoms with Crippen molar-refractivity contribution in [2.24, 2.45) is 0 Å². The van der Waals surface area contributed by atoms with E-state index >= 15 is 0 Å². The predicted molar refractivity (Wildman–Crippen MR) is 184 cm³/mol. The molecule has 206 valence electrons. The molecule has 44 heavy (non-hydrogen) atoms. The monoisotopic (exact) mass is 646 g/mol. The first-order valence-electron chi connectivity index (χ1n) is 14.4. The fourth-order valence-electron chi connectivity index (χ4n) is 5.81. The van der Waals surface area contributed by atoms with Crippen LogP contribution >= 0.6 is 11.3 Å². The Bertz CT molecular complexity index is 2500. The van der Waals surface area contributed by atoms with Crippen molar-refractivity contribution in [1.29, 1.82) is 0 Å². The molecule has 4 nitrogen and oxygen atoms in total. The molecule has 0 unspecified atom stereocenters. The van der Waals surface area contributed by atoms with E-state index in [1.54, 1.807) is 11.3 Å². The van der Waals surface area contributed by atoms with Crippen molar-refractivity contribution in [3.05, 3.63) is 133 Å². The van der Waals surface area contributed by atoms with Gasteiger partial charge >= 0.3 is 252 Å². The van der Waals surface area contributed by atoms with Gasteiger partial charge in [-0.3, -0.25) is 0 Å². The van der Waals surface area contributed by atoms with Crippen LogP contribution in [0.15, 0.2) is 133 Å². The van der Waals surface area contributed by atoms with Crippen molar-refractivity contribution < 1.29 is 0 Å². The van der Waals surface area contributed by atoms with Gasteiger partial charge in [-0.15, -0.1) is 0 Å². The van der Waals surface area contributed by atoms with Crippen LogP contribution in [0, 0.1) is 0 Å². The van der Waals surface area contributed by atoms with Gasteiger partial charge in [0.1, 0.15) is 0 Å². The van der Waals surface area contributed by atoms with Gasteiger partial charge in [0.15, 0.2) is 0 Å². The average molecular weight is 646 g/mol. The fraction of sp³-hybridized carbons (Fsp3) is 0. The van der Waals surface area contributed by atoms with E-state index in [4.69, 9.17) is 19.9 Å². The van der Waals surface area contributed by atoms with E-state index in [2.05, 4.69) is 115 Å². The first-order chi connectivity index (χ1) is 21.8. The standard InChI is InChI=1S/C38H22N4SSe/c1-3-10-24(11-4-1)35-40-36(42-37(41-35)29-16-9-15-28-27-14-7-8-17-32(27)43-33(28)29)26-19-18-23-20-21-31-34(30(23)22-26)44-38(39-31)25-12-5-2-6-13-25/h1-22H. The van der Waals surface area contributed by atoms with Gasteiger partial charge in [0.2, 0.25) is 0 Å². The van der Waals surface area contributed by atoms with Crippen molar-refractivity contribution in [1.82, 2.24) is 19.9 Å². The van der Waals surface area contributed by atoms with Crippen LogP contribution < -0.4 is 0 Å². The molecule has 0 bridgehead atoms. The molecule has 0 aliphatic carbocycles. The molecule has 0 fully saturated rings. The second-order valence-electron chi connectivity index (χ2n) is 10.7. The minimum atomic E-state index is 0.102. The Hall–Kier alpha value is -5.00.